The monoisotopic (exact) mass is 384 g/mol. The van der Waals surface area contributed by atoms with Crippen molar-refractivity contribution in [3.63, 3.8) is 0 Å². The Morgan fingerprint density at radius 2 is 1.61 bits per heavy atom. The zero-order valence-electron chi connectivity index (χ0n) is 19.3. The fraction of sp³-hybridized carbons (Fsp3) is 0.885. The predicted octanol–water partition coefficient (Wildman–Crippen LogP) is 5.97. The standard InChI is InChI=1S/C26H40O2/c1-13-10-25-12-28-22(27)24(9,15(13)3)21(25)19(7)26-11-23(8,17(5)18(26)6)16(4)14(2)20(25)26/h13-16,18-21H,5,10-12H2,1-4,6-9H3/t13?,14?,15?,16?,18-,19+,20?,21?,23+,24?,25?,26+/m1/s1. The predicted molar refractivity (Wildman–Crippen MR) is 112 cm³/mol. The SMILES string of the molecule is C=C1[C@@H](C)[C@]23C[C@@]1(C)C(C)C(C)C2C12COC(=O)C(C)(C(C)C(C)C1)C2[C@@H]3C. The molecule has 5 rings (SSSR count). The van der Waals surface area contributed by atoms with Gasteiger partial charge >= 0.3 is 5.97 Å². The van der Waals surface area contributed by atoms with Crippen molar-refractivity contribution in [2.24, 2.45) is 69.0 Å². The van der Waals surface area contributed by atoms with E-state index in [-0.39, 0.29) is 27.6 Å². The first kappa shape index (κ1) is 19.2. The topological polar surface area (TPSA) is 26.3 Å². The maximum atomic E-state index is 13.3. The molecule has 0 N–H and O–H groups in total. The molecule has 0 aromatic carbocycles. The molecule has 5 fully saturated rings. The van der Waals surface area contributed by atoms with Crippen molar-refractivity contribution in [1.29, 1.82) is 0 Å². The number of rotatable bonds is 0. The quantitative estimate of drug-likeness (QED) is 0.380. The fourth-order valence-corrected chi connectivity index (χ4v) is 10.7. The second kappa shape index (κ2) is 5.09. The molecular weight excluding hydrogens is 344 g/mol. The van der Waals surface area contributed by atoms with Crippen LogP contribution >= 0.6 is 0 Å². The van der Waals surface area contributed by atoms with E-state index in [9.17, 15) is 4.79 Å². The van der Waals surface area contributed by atoms with Crippen LogP contribution in [0, 0.1) is 69.0 Å². The van der Waals surface area contributed by atoms with Crippen LogP contribution in [0.25, 0.3) is 0 Å². The van der Waals surface area contributed by atoms with E-state index in [4.69, 9.17) is 4.74 Å². The summed E-state index contributed by atoms with van der Waals surface area (Å²) in [7, 11) is 0. The Labute approximate surface area is 171 Å². The highest BCUT2D eigenvalue weighted by Crippen LogP contribution is 2.84. The first-order valence-electron chi connectivity index (χ1n) is 11.8. The third-order valence-electron chi connectivity index (χ3n) is 12.3. The van der Waals surface area contributed by atoms with Crippen LogP contribution in [0.1, 0.15) is 68.2 Å². The van der Waals surface area contributed by atoms with E-state index in [1.807, 2.05) is 0 Å². The Morgan fingerprint density at radius 1 is 0.964 bits per heavy atom. The van der Waals surface area contributed by atoms with E-state index in [1.54, 1.807) is 0 Å². The van der Waals surface area contributed by atoms with Gasteiger partial charge in [-0.15, -0.1) is 0 Å². The summed E-state index contributed by atoms with van der Waals surface area (Å²) in [6, 6.07) is 0. The summed E-state index contributed by atoms with van der Waals surface area (Å²) < 4.78 is 6.08. The summed E-state index contributed by atoms with van der Waals surface area (Å²) in [5.41, 5.74) is 1.82. The molecule has 1 saturated heterocycles. The first-order chi connectivity index (χ1) is 12.9. The van der Waals surface area contributed by atoms with Crippen molar-refractivity contribution in [2.45, 2.75) is 68.2 Å². The number of esters is 1. The minimum Gasteiger partial charge on any atom is -0.465 e. The first-order valence-corrected chi connectivity index (χ1v) is 11.8. The van der Waals surface area contributed by atoms with Crippen LogP contribution in [0.3, 0.4) is 0 Å². The zero-order valence-corrected chi connectivity index (χ0v) is 19.3. The molecule has 4 bridgehead atoms. The molecule has 0 amide bonds. The van der Waals surface area contributed by atoms with Crippen LogP contribution in [-0.2, 0) is 9.53 Å². The third kappa shape index (κ3) is 1.60. The number of ether oxygens (including phenoxy) is 1. The maximum Gasteiger partial charge on any atom is 0.312 e. The van der Waals surface area contributed by atoms with Gasteiger partial charge in [-0.2, -0.15) is 0 Å². The molecule has 2 nitrogen and oxygen atoms in total. The smallest absolute Gasteiger partial charge is 0.312 e. The molecule has 4 aliphatic carbocycles. The average molecular weight is 385 g/mol. The molecule has 1 aliphatic heterocycles. The summed E-state index contributed by atoms with van der Waals surface area (Å²) in [4.78, 5) is 13.3. The van der Waals surface area contributed by atoms with Crippen molar-refractivity contribution in [3.8, 4) is 0 Å². The van der Waals surface area contributed by atoms with Gasteiger partial charge in [0.25, 0.3) is 0 Å². The number of cyclic esters (lactones) is 1. The Bertz CT molecular complexity index is 770. The number of hydrogen-bond acceptors (Lipinski definition) is 2. The van der Waals surface area contributed by atoms with Gasteiger partial charge in [0.05, 0.1) is 12.0 Å². The second-order valence-corrected chi connectivity index (χ2v) is 12.4. The highest BCUT2D eigenvalue weighted by molar-refractivity contribution is 5.79. The molecule has 1 spiro atoms. The maximum absolute atomic E-state index is 13.3. The molecule has 1 heterocycles. The van der Waals surface area contributed by atoms with Gasteiger partial charge in [0.15, 0.2) is 0 Å². The summed E-state index contributed by atoms with van der Waals surface area (Å²) in [6.45, 7) is 24.8. The van der Waals surface area contributed by atoms with Crippen LogP contribution in [0.4, 0.5) is 0 Å². The van der Waals surface area contributed by atoms with Crippen molar-refractivity contribution < 1.29 is 9.53 Å². The van der Waals surface area contributed by atoms with Crippen molar-refractivity contribution in [3.05, 3.63) is 12.2 Å². The zero-order chi connectivity index (χ0) is 20.6. The average Bonchev–Trinajstić information content (AvgIpc) is 2.97. The van der Waals surface area contributed by atoms with Gasteiger partial charge in [0.2, 0.25) is 0 Å². The number of hydrogen-bond donors (Lipinski definition) is 0. The van der Waals surface area contributed by atoms with Crippen LogP contribution in [0.5, 0.6) is 0 Å². The van der Waals surface area contributed by atoms with Crippen LogP contribution in [0.15, 0.2) is 12.2 Å². The van der Waals surface area contributed by atoms with Gasteiger partial charge in [-0.25, -0.2) is 0 Å². The number of allylic oxidation sites excluding steroid dienone is 1. The summed E-state index contributed by atoms with van der Waals surface area (Å²) in [6.07, 6.45) is 2.49. The Morgan fingerprint density at radius 3 is 2.25 bits per heavy atom. The molecule has 4 saturated carbocycles. The molecule has 12 atom stereocenters. The summed E-state index contributed by atoms with van der Waals surface area (Å²) >= 11 is 0. The van der Waals surface area contributed by atoms with E-state index in [2.05, 4.69) is 62.0 Å². The molecule has 28 heavy (non-hydrogen) atoms. The van der Waals surface area contributed by atoms with E-state index in [1.165, 1.54) is 18.4 Å². The molecule has 156 valence electrons. The highest BCUT2D eigenvalue weighted by Gasteiger charge is 2.81. The number of carbonyl (C=O) groups excluding carboxylic acids is 1. The van der Waals surface area contributed by atoms with Gasteiger partial charge in [-0.3, -0.25) is 4.79 Å². The highest BCUT2D eigenvalue weighted by atomic mass is 16.5. The van der Waals surface area contributed by atoms with E-state index >= 15 is 0 Å². The van der Waals surface area contributed by atoms with Crippen molar-refractivity contribution >= 4 is 5.97 Å². The lowest BCUT2D eigenvalue weighted by atomic mass is 9.44. The summed E-state index contributed by atoms with van der Waals surface area (Å²) in [5, 5.41) is 0. The van der Waals surface area contributed by atoms with Crippen LogP contribution in [-0.4, -0.2) is 12.6 Å². The molecule has 0 radical (unpaired) electrons. The molecule has 2 heteroatoms. The molecule has 0 aromatic heterocycles. The summed E-state index contributed by atoms with van der Waals surface area (Å²) in [5.74, 6) is 4.51. The minimum absolute atomic E-state index is 0.0852. The van der Waals surface area contributed by atoms with Crippen LogP contribution < -0.4 is 0 Å². The molecule has 5 aliphatic rings. The Kier molecular flexibility index (Phi) is 3.49. The normalized spacial score (nSPS) is 65.0. The van der Waals surface area contributed by atoms with Crippen LogP contribution in [0.2, 0.25) is 0 Å². The van der Waals surface area contributed by atoms with Crippen molar-refractivity contribution in [2.75, 3.05) is 6.61 Å². The molecular formula is C26H40O2. The lowest BCUT2D eigenvalue weighted by Crippen LogP contribution is -2.63. The van der Waals surface area contributed by atoms with Gasteiger partial charge in [0.1, 0.15) is 0 Å². The van der Waals surface area contributed by atoms with Gasteiger partial charge < -0.3 is 4.74 Å². The molecule has 0 aromatic rings. The van der Waals surface area contributed by atoms with Gasteiger partial charge in [-0.05, 0) is 77.9 Å². The van der Waals surface area contributed by atoms with Gasteiger partial charge in [0, 0.05) is 5.41 Å². The van der Waals surface area contributed by atoms with Gasteiger partial charge in [-0.1, -0.05) is 60.6 Å². The third-order valence-corrected chi connectivity index (χ3v) is 12.3. The van der Waals surface area contributed by atoms with Crippen molar-refractivity contribution in [1.82, 2.24) is 0 Å². The van der Waals surface area contributed by atoms with E-state index < -0.39 is 0 Å². The lowest BCUT2D eigenvalue weighted by Gasteiger charge is -2.61. The lowest BCUT2D eigenvalue weighted by molar-refractivity contribution is -0.220. The second-order valence-electron chi connectivity index (χ2n) is 12.4. The fourth-order valence-electron chi connectivity index (χ4n) is 10.7. The van der Waals surface area contributed by atoms with E-state index in [0.717, 1.165) is 0 Å². The number of carbonyl (C=O) groups is 1. The molecule has 8 unspecified atom stereocenters. The largest absolute Gasteiger partial charge is 0.465 e. The Hall–Kier alpha value is -0.790. The van der Waals surface area contributed by atoms with E-state index in [0.29, 0.717) is 54.0 Å². The minimum atomic E-state index is -0.343. The number of fused-ring (bicyclic) bond motifs is 1. The Balaban J connectivity index is 1.80.